The lowest BCUT2D eigenvalue weighted by Gasteiger charge is -2.15. The number of nitrogens with two attached hydrogens (primary N) is 1. The third-order valence-electron chi connectivity index (χ3n) is 2.74. The molecule has 0 aromatic heterocycles. The number of primary amides is 1. The number of halogens is 2. The largest absolute Gasteiger partial charge is 0.444 e. The maximum atomic E-state index is 12.1. The van der Waals surface area contributed by atoms with Gasteiger partial charge in [-0.25, -0.2) is 4.79 Å². The predicted octanol–water partition coefficient (Wildman–Crippen LogP) is 3.38. The number of benzene rings is 2. The summed E-state index contributed by atoms with van der Waals surface area (Å²) >= 11 is 11.7. The molecule has 1 unspecified atom stereocenters. The molecule has 0 saturated carbocycles. The molecule has 0 saturated heterocycles. The Bertz CT molecular complexity index is 674. The van der Waals surface area contributed by atoms with E-state index >= 15 is 0 Å². The Morgan fingerprint density at radius 3 is 2.29 bits per heavy atom. The molecule has 0 fully saturated rings. The van der Waals surface area contributed by atoms with Crippen LogP contribution in [-0.4, -0.2) is 11.9 Å². The third kappa shape index (κ3) is 3.74. The molecule has 2 aromatic rings. The van der Waals surface area contributed by atoms with Crippen LogP contribution in [-0.2, 0) is 9.53 Å². The van der Waals surface area contributed by atoms with Crippen LogP contribution in [0, 0.1) is 0 Å². The number of hydrogen-bond donors (Lipinski definition) is 1. The van der Waals surface area contributed by atoms with Crippen LogP contribution in [0.3, 0.4) is 0 Å². The number of ether oxygens (including phenoxy) is 1. The fourth-order valence-electron chi connectivity index (χ4n) is 1.74. The quantitative estimate of drug-likeness (QED) is 0.877. The van der Waals surface area contributed by atoms with E-state index in [2.05, 4.69) is 0 Å². The van der Waals surface area contributed by atoms with Crippen molar-refractivity contribution < 1.29 is 14.3 Å². The van der Waals surface area contributed by atoms with Crippen molar-refractivity contribution in [3.8, 4) is 0 Å². The summed E-state index contributed by atoms with van der Waals surface area (Å²) in [6.07, 6.45) is -1.18. The zero-order chi connectivity index (χ0) is 15.4. The van der Waals surface area contributed by atoms with Crippen molar-refractivity contribution in [3.63, 3.8) is 0 Å². The number of esters is 1. The summed E-state index contributed by atoms with van der Waals surface area (Å²) in [5.41, 5.74) is 5.89. The van der Waals surface area contributed by atoms with E-state index in [4.69, 9.17) is 33.7 Å². The van der Waals surface area contributed by atoms with E-state index in [9.17, 15) is 9.59 Å². The van der Waals surface area contributed by atoms with E-state index in [0.29, 0.717) is 10.6 Å². The molecule has 21 heavy (non-hydrogen) atoms. The minimum absolute atomic E-state index is 0.114. The minimum atomic E-state index is -1.18. The Labute approximate surface area is 131 Å². The second-order valence-corrected chi connectivity index (χ2v) is 5.07. The molecule has 0 spiro atoms. The highest BCUT2D eigenvalue weighted by Crippen LogP contribution is 2.24. The summed E-state index contributed by atoms with van der Waals surface area (Å²) in [6.45, 7) is 0. The van der Waals surface area contributed by atoms with Gasteiger partial charge in [0.15, 0.2) is 0 Å². The molecule has 2 rings (SSSR count). The highest BCUT2D eigenvalue weighted by molar-refractivity contribution is 6.36. The van der Waals surface area contributed by atoms with Crippen LogP contribution in [0.5, 0.6) is 0 Å². The van der Waals surface area contributed by atoms with Crippen LogP contribution in [0.15, 0.2) is 48.5 Å². The van der Waals surface area contributed by atoms with Gasteiger partial charge in [0, 0.05) is 10.6 Å². The van der Waals surface area contributed by atoms with Gasteiger partial charge in [-0.2, -0.15) is 0 Å². The molecular formula is C15H11Cl2NO3. The first-order valence-electron chi connectivity index (χ1n) is 5.99. The SMILES string of the molecule is NC(=O)C(OC(=O)c1ccc(Cl)cc1Cl)c1ccccc1. The van der Waals surface area contributed by atoms with E-state index in [1.54, 1.807) is 30.3 Å². The summed E-state index contributed by atoms with van der Waals surface area (Å²) in [4.78, 5) is 23.6. The summed E-state index contributed by atoms with van der Waals surface area (Å²) in [6, 6.07) is 12.9. The number of hydrogen-bond acceptors (Lipinski definition) is 3. The van der Waals surface area contributed by atoms with Gasteiger partial charge in [-0.05, 0) is 18.2 Å². The Morgan fingerprint density at radius 2 is 1.71 bits per heavy atom. The topological polar surface area (TPSA) is 69.4 Å². The molecule has 0 heterocycles. The van der Waals surface area contributed by atoms with Crippen LogP contribution in [0.1, 0.15) is 22.0 Å². The maximum Gasteiger partial charge on any atom is 0.340 e. The average molecular weight is 324 g/mol. The first-order valence-corrected chi connectivity index (χ1v) is 6.75. The van der Waals surface area contributed by atoms with Gasteiger partial charge in [0.2, 0.25) is 6.10 Å². The number of amides is 1. The fourth-order valence-corrected chi connectivity index (χ4v) is 2.23. The maximum absolute atomic E-state index is 12.1. The van der Waals surface area contributed by atoms with Gasteiger partial charge in [-0.1, -0.05) is 53.5 Å². The Morgan fingerprint density at radius 1 is 1.05 bits per heavy atom. The Balaban J connectivity index is 2.25. The molecule has 108 valence electrons. The van der Waals surface area contributed by atoms with Gasteiger partial charge in [-0.15, -0.1) is 0 Å². The van der Waals surface area contributed by atoms with Crippen molar-refractivity contribution in [1.82, 2.24) is 0 Å². The smallest absolute Gasteiger partial charge is 0.340 e. The molecule has 0 aliphatic carbocycles. The summed E-state index contributed by atoms with van der Waals surface area (Å²) in [7, 11) is 0. The zero-order valence-electron chi connectivity index (χ0n) is 10.8. The second kappa shape index (κ2) is 6.61. The van der Waals surface area contributed by atoms with Crippen LogP contribution < -0.4 is 5.73 Å². The molecule has 2 N–H and O–H groups in total. The lowest BCUT2D eigenvalue weighted by molar-refractivity contribution is -0.127. The summed E-state index contributed by atoms with van der Waals surface area (Å²) in [5.74, 6) is -1.51. The third-order valence-corrected chi connectivity index (χ3v) is 3.28. The normalized spacial score (nSPS) is 11.7. The van der Waals surface area contributed by atoms with E-state index in [1.165, 1.54) is 18.2 Å². The zero-order valence-corrected chi connectivity index (χ0v) is 12.3. The van der Waals surface area contributed by atoms with Gasteiger partial charge in [0.1, 0.15) is 0 Å². The first kappa shape index (κ1) is 15.4. The first-order chi connectivity index (χ1) is 9.99. The van der Waals surface area contributed by atoms with Crippen molar-refractivity contribution >= 4 is 35.1 Å². The Kier molecular flexibility index (Phi) is 4.83. The van der Waals surface area contributed by atoms with Crippen LogP contribution in [0.4, 0.5) is 0 Å². The number of carbonyl (C=O) groups excluding carboxylic acids is 2. The highest BCUT2D eigenvalue weighted by Gasteiger charge is 2.24. The van der Waals surface area contributed by atoms with Crippen molar-refractivity contribution in [2.24, 2.45) is 5.73 Å². The number of carbonyl (C=O) groups is 2. The van der Waals surface area contributed by atoms with Crippen molar-refractivity contribution in [2.75, 3.05) is 0 Å². The molecule has 1 atom stereocenters. The van der Waals surface area contributed by atoms with Gasteiger partial charge < -0.3 is 10.5 Å². The number of rotatable bonds is 4. The van der Waals surface area contributed by atoms with Gasteiger partial charge in [0.05, 0.1) is 10.6 Å². The predicted molar refractivity (Wildman–Crippen MR) is 80.3 cm³/mol. The molecular weight excluding hydrogens is 313 g/mol. The van der Waals surface area contributed by atoms with Crippen molar-refractivity contribution in [2.45, 2.75) is 6.10 Å². The van der Waals surface area contributed by atoms with Crippen molar-refractivity contribution in [1.29, 1.82) is 0 Å². The Hall–Kier alpha value is -2.04. The van der Waals surface area contributed by atoms with Crippen LogP contribution in [0.25, 0.3) is 0 Å². The molecule has 6 heteroatoms. The van der Waals surface area contributed by atoms with E-state index in [1.807, 2.05) is 0 Å². The standard InChI is InChI=1S/C15H11Cl2NO3/c16-10-6-7-11(12(17)8-10)15(20)21-13(14(18)19)9-4-2-1-3-5-9/h1-8,13H,(H2,18,19). The molecule has 2 aromatic carbocycles. The van der Waals surface area contributed by atoms with E-state index in [-0.39, 0.29) is 10.6 Å². The second-order valence-electron chi connectivity index (χ2n) is 4.22. The average Bonchev–Trinajstić information content (AvgIpc) is 2.45. The minimum Gasteiger partial charge on any atom is -0.444 e. The lowest BCUT2D eigenvalue weighted by atomic mass is 10.1. The summed E-state index contributed by atoms with van der Waals surface area (Å²) in [5, 5.41) is 0.537. The van der Waals surface area contributed by atoms with Crippen molar-refractivity contribution in [3.05, 3.63) is 69.7 Å². The van der Waals surface area contributed by atoms with E-state index in [0.717, 1.165) is 0 Å². The lowest BCUT2D eigenvalue weighted by Crippen LogP contribution is -2.26. The monoisotopic (exact) mass is 323 g/mol. The molecule has 0 aliphatic heterocycles. The van der Waals surface area contributed by atoms with E-state index < -0.39 is 18.0 Å². The van der Waals surface area contributed by atoms with Crippen LogP contribution >= 0.6 is 23.2 Å². The fraction of sp³-hybridized carbons (Fsp3) is 0.0667. The summed E-state index contributed by atoms with van der Waals surface area (Å²) < 4.78 is 5.16. The van der Waals surface area contributed by atoms with Gasteiger partial charge in [-0.3, -0.25) is 4.79 Å². The molecule has 4 nitrogen and oxygen atoms in total. The molecule has 0 bridgehead atoms. The van der Waals surface area contributed by atoms with Gasteiger partial charge in [0.25, 0.3) is 5.91 Å². The molecule has 0 radical (unpaired) electrons. The highest BCUT2D eigenvalue weighted by atomic mass is 35.5. The van der Waals surface area contributed by atoms with Gasteiger partial charge >= 0.3 is 5.97 Å². The molecule has 0 aliphatic rings. The van der Waals surface area contributed by atoms with Crippen LogP contribution in [0.2, 0.25) is 10.0 Å². The molecule has 1 amide bonds.